The molecule has 21 heavy (non-hydrogen) atoms. The van der Waals surface area contributed by atoms with Gasteiger partial charge in [0, 0.05) is 12.6 Å². The van der Waals surface area contributed by atoms with E-state index in [1.54, 1.807) is 0 Å². The molecule has 2 nitrogen and oxygen atoms in total. The van der Waals surface area contributed by atoms with E-state index in [4.69, 9.17) is 4.74 Å². The highest BCUT2D eigenvalue weighted by molar-refractivity contribution is 5.28. The smallest absolute Gasteiger partial charge is 0.119 e. The Labute approximate surface area is 130 Å². The number of hydrogen-bond donors (Lipinski definition) is 1. The van der Waals surface area contributed by atoms with Crippen molar-refractivity contribution in [3.63, 3.8) is 0 Å². The molecule has 0 aromatic heterocycles. The average molecular weight is 289 g/mol. The molecule has 1 N–H and O–H groups in total. The molecule has 118 valence electrons. The van der Waals surface area contributed by atoms with Gasteiger partial charge in [0.15, 0.2) is 0 Å². The zero-order chi connectivity index (χ0) is 15.1. The predicted octanol–water partition coefficient (Wildman–Crippen LogP) is 4.78. The summed E-state index contributed by atoms with van der Waals surface area (Å²) in [4.78, 5) is 0. The fourth-order valence-corrected chi connectivity index (χ4v) is 3.38. The highest BCUT2D eigenvalue weighted by Gasteiger charge is 2.20. The van der Waals surface area contributed by atoms with Crippen LogP contribution in [0, 0.1) is 11.8 Å². The maximum Gasteiger partial charge on any atom is 0.119 e. The Morgan fingerprint density at radius 2 is 2.05 bits per heavy atom. The minimum Gasteiger partial charge on any atom is -0.494 e. The van der Waals surface area contributed by atoms with Crippen LogP contribution >= 0.6 is 0 Å². The van der Waals surface area contributed by atoms with Gasteiger partial charge in [0.05, 0.1) is 6.61 Å². The van der Waals surface area contributed by atoms with Crippen LogP contribution in [0.5, 0.6) is 5.75 Å². The molecule has 0 heterocycles. The third-order valence-electron chi connectivity index (χ3n) is 4.76. The van der Waals surface area contributed by atoms with Gasteiger partial charge in [-0.3, -0.25) is 0 Å². The lowest BCUT2D eigenvalue weighted by Crippen LogP contribution is -2.28. The van der Waals surface area contributed by atoms with Crippen LogP contribution in [-0.2, 0) is 6.54 Å². The summed E-state index contributed by atoms with van der Waals surface area (Å²) >= 11 is 0. The Kier molecular flexibility index (Phi) is 6.56. The van der Waals surface area contributed by atoms with E-state index < -0.39 is 0 Å². The van der Waals surface area contributed by atoms with E-state index >= 15 is 0 Å². The first kappa shape index (κ1) is 16.4. The minimum absolute atomic E-state index is 0.685. The number of benzene rings is 1. The average Bonchev–Trinajstić information content (AvgIpc) is 2.71. The number of ether oxygens (including phenoxy) is 1. The van der Waals surface area contributed by atoms with E-state index in [-0.39, 0.29) is 0 Å². The molecule has 1 saturated carbocycles. The van der Waals surface area contributed by atoms with E-state index in [0.29, 0.717) is 6.04 Å². The highest BCUT2D eigenvalue weighted by atomic mass is 16.5. The Balaban J connectivity index is 1.81. The summed E-state index contributed by atoms with van der Waals surface area (Å²) in [7, 11) is 0. The lowest BCUT2D eigenvalue weighted by molar-refractivity contribution is 0.337. The molecule has 2 rings (SSSR count). The molecule has 0 aliphatic heterocycles. The monoisotopic (exact) mass is 289 g/mol. The topological polar surface area (TPSA) is 21.3 Å². The summed E-state index contributed by atoms with van der Waals surface area (Å²) in [6.07, 6.45) is 6.83. The fourth-order valence-electron chi connectivity index (χ4n) is 3.38. The molecule has 2 heteroatoms. The number of rotatable bonds is 6. The van der Waals surface area contributed by atoms with Crippen molar-refractivity contribution >= 4 is 0 Å². The highest BCUT2D eigenvalue weighted by Crippen LogP contribution is 2.29. The summed E-state index contributed by atoms with van der Waals surface area (Å²) in [5, 5.41) is 3.75. The lowest BCUT2D eigenvalue weighted by Gasteiger charge is -2.19. The summed E-state index contributed by atoms with van der Waals surface area (Å²) in [5.74, 6) is 2.75. The van der Waals surface area contributed by atoms with Crippen LogP contribution in [0.3, 0.4) is 0 Å². The van der Waals surface area contributed by atoms with Gasteiger partial charge >= 0.3 is 0 Å². The Morgan fingerprint density at radius 3 is 2.81 bits per heavy atom. The van der Waals surface area contributed by atoms with Crippen LogP contribution in [0.2, 0.25) is 0 Å². The first-order valence-corrected chi connectivity index (χ1v) is 8.64. The van der Waals surface area contributed by atoms with Crippen molar-refractivity contribution in [3.8, 4) is 5.75 Å². The number of hydrogen-bond acceptors (Lipinski definition) is 2. The Bertz CT molecular complexity index is 416. The third-order valence-corrected chi connectivity index (χ3v) is 4.76. The Morgan fingerprint density at radius 1 is 1.19 bits per heavy atom. The first-order valence-electron chi connectivity index (χ1n) is 8.64. The second-order valence-corrected chi connectivity index (χ2v) is 6.67. The summed E-state index contributed by atoms with van der Waals surface area (Å²) < 4.78 is 5.57. The van der Waals surface area contributed by atoms with Gasteiger partial charge in [0.25, 0.3) is 0 Å². The predicted molar refractivity (Wildman–Crippen MR) is 89.7 cm³/mol. The van der Waals surface area contributed by atoms with Crippen molar-refractivity contribution in [2.45, 2.75) is 65.5 Å². The molecule has 1 aliphatic carbocycles. The molecular formula is C19H31NO. The lowest BCUT2D eigenvalue weighted by atomic mass is 9.89. The Hall–Kier alpha value is -1.02. The standard InChI is InChI=1S/C19H31NO/c1-4-21-19-10-5-7-16(13-19)14-20-18-9-6-8-17(11-12-18)15(2)3/h5,7,10,13,15,17-18,20H,4,6,8-9,11-12,14H2,1-3H3. The molecule has 0 radical (unpaired) electrons. The summed E-state index contributed by atoms with van der Waals surface area (Å²) in [6.45, 7) is 8.46. The van der Waals surface area contributed by atoms with Gasteiger partial charge in [-0.2, -0.15) is 0 Å². The van der Waals surface area contributed by atoms with Crippen LogP contribution < -0.4 is 10.1 Å². The second kappa shape index (κ2) is 8.43. The van der Waals surface area contributed by atoms with Crippen molar-refractivity contribution < 1.29 is 4.74 Å². The van der Waals surface area contributed by atoms with E-state index in [2.05, 4.69) is 37.4 Å². The summed E-state index contributed by atoms with van der Waals surface area (Å²) in [6, 6.07) is 9.15. The van der Waals surface area contributed by atoms with Crippen molar-refractivity contribution in [3.05, 3.63) is 29.8 Å². The second-order valence-electron chi connectivity index (χ2n) is 6.67. The van der Waals surface area contributed by atoms with Gasteiger partial charge in [-0.25, -0.2) is 0 Å². The molecule has 0 spiro atoms. The van der Waals surface area contributed by atoms with Gasteiger partial charge in [-0.05, 0) is 55.7 Å². The quantitative estimate of drug-likeness (QED) is 0.761. The maximum atomic E-state index is 5.57. The normalized spacial score (nSPS) is 23.0. The molecule has 1 aromatic carbocycles. The molecule has 2 unspecified atom stereocenters. The zero-order valence-corrected chi connectivity index (χ0v) is 13.9. The molecule has 1 aromatic rings. The maximum absolute atomic E-state index is 5.57. The minimum atomic E-state index is 0.685. The van der Waals surface area contributed by atoms with Gasteiger partial charge in [-0.15, -0.1) is 0 Å². The van der Waals surface area contributed by atoms with Crippen molar-refractivity contribution in [2.75, 3.05) is 6.61 Å². The number of nitrogens with one attached hydrogen (secondary N) is 1. The van der Waals surface area contributed by atoms with Gasteiger partial charge < -0.3 is 10.1 Å². The molecule has 2 atom stereocenters. The van der Waals surface area contributed by atoms with E-state index in [1.807, 2.05) is 13.0 Å². The first-order chi connectivity index (χ1) is 10.2. The molecule has 1 fully saturated rings. The van der Waals surface area contributed by atoms with Crippen LogP contribution in [0.25, 0.3) is 0 Å². The van der Waals surface area contributed by atoms with Crippen molar-refractivity contribution in [2.24, 2.45) is 11.8 Å². The van der Waals surface area contributed by atoms with Gasteiger partial charge in [-0.1, -0.05) is 38.8 Å². The molecular weight excluding hydrogens is 258 g/mol. The van der Waals surface area contributed by atoms with Crippen molar-refractivity contribution in [1.29, 1.82) is 0 Å². The van der Waals surface area contributed by atoms with Gasteiger partial charge in [0.1, 0.15) is 5.75 Å². The van der Waals surface area contributed by atoms with Crippen LogP contribution in [0.1, 0.15) is 58.4 Å². The van der Waals surface area contributed by atoms with Crippen molar-refractivity contribution in [1.82, 2.24) is 5.32 Å². The van der Waals surface area contributed by atoms with Crippen LogP contribution in [0.15, 0.2) is 24.3 Å². The molecule has 0 saturated heterocycles. The zero-order valence-electron chi connectivity index (χ0n) is 13.9. The summed E-state index contributed by atoms with van der Waals surface area (Å²) in [5.41, 5.74) is 1.32. The fraction of sp³-hybridized carbons (Fsp3) is 0.684. The largest absolute Gasteiger partial charge is 0.494 e. The van der Waals surface area contributed by atoms with Crippen LogP contribution in [0.4, 0.5) is 0 Å². The third kappa shape index (κ3) is 5.35. The van der Waals surface area contributed by atoms with E-state index in [1.165, 1.54) is 37.7 Å². The molecule has 0 bridgehead atoms. The molecule has 0 amide bonds. The molecule has 1 aliphatic rings. The van der Waals surface area contributed by atoms with Gasteiger partial charge in [0.2, 0.25) is 0 Å². The van der Waals surface area contributed by atoms with E-state index in [9.17, 15) is 0 Å². The SMILES string of the molecule is CCOc1cccc(CNC2CCCC(C(C)C)CC2)c1. The van der Waals surface area contributed by atoms with E-state index in [0.717, 1.165) is 30.7 Å². The van der Waals surface area contributed by atoms with Crippen LogP contribution in [-0.4, -0.2) is 12.6 Å².